The van der Waals surface area contributed by atoms with Gasteiger partial charge in [-0.25, -0.2) is 9.78 Å². The quantitative estimate of drug-likeness (QED) is 0.434. The maximum absolute atomic E-state index is 13.1. The van der Waals surface area contributed by atoms with E-state index in [0.29, 0.717) is 27.2 Å². The number of anilines is 1. The number of hydrogen-bond acceptors (Lipinski definition) is 7. The Hall–Kier alpha value is -3.78. The highest BCUT2D eigenvalue weighted by Crippen LogP contribution is 2.31. The molecule has 4 aromatic rings. The molecule has 0 aliphatic rings. The number of fused-ring (bicyclic) bond motifs is 1. The van der Waals surface area contributed by atoms with Gasteiger partial charge in [0.1, 0.15) is 0 Å². The van der Waals surface area contributed by atoms with Gasteiger partial charge in [0.05, 0.1) is 24.1 Å². The molecule has 162 valence electrons. The van der Waals surface area contributed by atoms with E-state index in [1.54, 1.807) is 30.5 Å². The molecule has 7 nitrogen and oxygen atoms in total. The molecule has 1 N–H and O–H groups in total. The van der Waals surface area contributed by atoms with Crippen LogP contribution in [0.25, 0.3) is 21.9 Å². The maximum atomic E-state index is 13.1. The van der Waals surface area contributed by atoms with Crippen LogP contribution in [0, 0.1) is 6.92 Å². The highest BCUT2D eigenvalue weighted by molar-refractivity contribution is 7.14. The van der Waals surface area contributed by atoms with Crippen LogP contribution in [0.4, 0.5) is 5.13 Å². The molecular formula is C24H20N2O5S. The number of nitrogens with zero attached hydrogens (tertiary/aromatic N) is 1. The molecule has 32 heavy (non-hydrogen) atoms. The Morgan fingerprint density at radius 3 is 2.53 bits per heavy atom. The number of carbonyl (C=O) groups is 2. The molecule has 0 saturated carbocycles. The van der Waals surface area contributed by atoms with Gasteiger partial charge in [-0.2, -0.15) is 0 Å². The van der Waals surface area contributed by atoms with E-state index in [2.05, 4.69) is 10.3 Å². The first-order valence-electron chi connectivity index (χ1n) is 10.0. The molecule has 0 bridgehead atoms. The van der Waals surface area contributed by atoms with E-state index in [1.165, 1.54) is 11.3 Å². The van der Waals surface area contributed by atoms with Crippen LogP contribution < -0.4 is 10.9 Å². The van der Waals surface area contributed by atoms with Crippen LogP contribution in [0.3, 0.4) is 0 Å². The average molecular weight is 449 g/mol. The van der Waals surface area contributed by atoms with E-state index in [-0.39, 0.29) is 18.8 Å². The molecule has 0 saturated heterocycles. The molecule has 0 fully saturated rings. The number of thiazole rings is 1. The number of carbonyl (C=O) groups excluding carboxylic acids is 2. The number of rotatable bonds is 6. The Morgan fingerprint density at radius 1 is 1.09 bits per heavy atom. The minimum absolute atomic E-state index is 0.0138. The van der Waals surface area contributed by atoms with E-state index < -0.39 is 17.5 Å². The largest absolute Gasteiger partial charge is 0.466 e. The summed E-state index contributed by atoms with van der Waals surface area (Å²) in [7, 11) is 0. The number of aryl methyl sites for hydroxylation is 1. The van der Waals surface area contributed by atoms with Crippen molar-refractivity contribution in [1.29, 1.82) is 0 Å². The SMILES string of the molecule is CCOC(=O)Cc1csc(NC(=O)c2oc(=O)c3ccccc3c2-c2ccc(C)cc2)n1. The standard InChI is InChI=1S/C24H20N2O5S/c1-3-30-19(27)12-16-13-32-24(25-16)26-22(28)21-20(15-10-8-14(2)9-11-15)17-6-4-5-7-18(17)23(29)31-21/h4-11,13H,3,12H2,1-2H3,(H,25,26,28). The van der Waals surface area contributed by atoms with Gasteiger partial charge in [-0.3, -0.25) is 14.9 Å². The van der Waals surface area contributed by atoms with Crippen LogP contribution in [0.1, 0.15) is 28.7 Å². The number of amides is 1. The summed E-state index contributed by atoms with van der Waals surface area (Å²) in [6.45, 7) is 3.99. The molecule has 8 heteroatoms. The van der Waals surface area contributed by atoms with Gasteiger partial charge in [-0.05, 0) is 25.5 Å². The summed E-state index contributed by atoms with van der Waals surface area (Å²) in [4.78, 5) is 41.6. The Morgan fingerprint density at radius 2 is 1.81 bits per heavy atom. The zero-order chi connectivity index (χ0) is 22.7. The molecule has 2 aromatic heterocycles. The summed E-state index contributed by atoms with van der Waals surface area (Å²) in [5.74, 6) is -1.09. The normalized spacial score (nSPS) is 10.8. The fraction of sp³-hybridized carbons (Fsp3) is 0.167. The number of nitrogens with one attached hydrogen (secondary N) is 1. The van der Waals surface area contributed by atoms with Gasteiger partial charge in [0.25, 0.3) is 5.91 Å². The van der Waals surface area contributed by atoms with Crippen molar-refractivity contribution in [2.24, 2.45) is 0 Å². The van der Waals surface area contributed by atoms with Crippen LogP contribution in [0.5, 0.6) is 0 Å². The summed E-state index contributed by atoms with van der Waals surface area (Å²) < 4.78 is 10.4. The predicted octanol–water partition coefficient (Wildman–Crippen LogP) is 4.58. The Kier molecular flexibility index (Phi) is 6.13. The molecule has 0 aliphatic heterocycles. The number of aromatic nitrogens is 1. The zero-order valence-electron chi connectivity index (χ0n) is 17.5. The van der Waals surface area contributed by atoms with Crippen molar-refractivity contribution in [2.75, 3.05) is 11.9 Å². The molecule has 2 aromatic carbocycles. The second-order valence-electron chi connectivity index (χ2n) is 7.09. The van der Waals surface area contributed by atoms with Gasteiger partial charge >= 0.3 is 11.6 Å². The fourth-order valence-electron chi connectivity index (χ4n) is 3.33. The Bertz CT molecular complexity index is 1360. The molecule has 0 unspecified atom stereocenters. The minimum atomic E-state index is -0.597. The van der Waals surface area contributed by atoms with Gasteiger partial charge in [0, 0.05) is 16.3 Å². The van der Waals surface area contributed by atoms with Crippen LogP contribution >= 0.6 is 11.3 Å². The lowest BCUT2D eigenvalue weighted by Crippen LogP contribution is -2.17. The Balaban J connectivity index is 1.72. The first-order chi connectivity index (χ1) is 15.5. The fourth-order valence-corrected chi connectivity index (χ4v) is 4.03. The van der Waals surface area contributed by atoms with Crippen molar-refractivity contribution in [3.05, 3.63) is 81.3 Å². The monoisotopic (exact) mass is 448 g/mol. The second-order valence-corrected chi connectivity index (χ2v) is 7.94. The minimum Gasteiger partial charge on any atom is -0.466 e. The van der Waals surface area contributed by atoms with E-state index in [4.69, 9.17) is 9.15 Å². The average Bonchev–Trinajstić information content (AvgIpc) is 3.21. The van der Waals surface area contributed by atoms with Gasteiger partial charge in [0.2, 0.25) is 5.76 Å². The van der Waals surface area contributed by atoms with Gasteiger partial charge in [-0.15, -0.1) is 11.3 Å². The van der Waals surface area contributed by atoms with Gasteiger partial charge < -0.3 is 9.15 Å². The maximum Gasteiger partial charge on any atom is 0.344 e. The van der Waals surface area contributed by atoms with Crippen molar-refractivity contribution in [1.82, 2.24) is 4.98 Å². The lowest BCUT2D eigenvalue weighted by Gasteiger charge is -2.11. The van der Waals surface area contributed by atoms with Crippen LogP contribution in [0.15, 0.2) is 63.1 Å². The molecule has 1 amide bonds. The van der Waals surface area contributed by atoms with Crippen LogP contribution in [-0.4, -0.2) is 23.5 Å². The zero-order valence-corrected chi connectivity index (χ0v) is 18.3. The highest BCUT2D eigenvalue weighted by atomic mass is 32.1. The predicted molar refractivity (Wildman–Crippen MR) is 123 cm³/mol. The Labute approximate surface area is 187 Å². The van der Waals surface area contributed by atoms with Crippen LogP contribution in [0.2, 0.25) is 0 Å². The first-order valence-corrected chi connectivity index (χ1v) is 10.9. The second kappa shape index (κ2) is 9.15. The van der Waals surface area contributed by atoms with Crippen LogP contribution in [-0.2, 0) is 16.0 Å². The number of ether oxygens (including phenoxy) is 1. The van der Waals surface area contributed by atoms with Crippen molar-refractivity contribution in [3.8, 4) is 11.1 Å². The number of benzene rings is 2. The van der Waals surface area contributed by atoms with Gasteiger partial charge in [0.15, 0.2) is 5.13 Å². The summed E-state index contributed by atoms with van der Waals surface area (Å²) in [5.41, 5.74) is 2.24. The van der Waals surface area contributed by atoms with E-state index in [0.717, 1.165) is 11.1 Å². The number of hydrogen-bond donors (Lipinski definition) is 1. The van der Waals surface area contributed by atoms with E-state index in [9.17, 15) is 14.4 Å². The molecule has 0 spiro atoms. The molecular weight excluding hydrogens is 428 g/mol. The third-order valence-corrected chi connectivity index (χ3v) is 5.59. The molecule has 0 atom stereocenters. The van der Waals surface area contributed by atoms with Gasteiger partial charge in [-0.1, -0.05) is 48.0 Å². The highest BCUT2D eigenvalue weighted by Gasteiger charge is 2.22. The smallest absolute Gasteiger partial charge is 0.344 e. The third kappa shape index (κ3) is 4.45. The lowest BCUT2D eigenvalue weighted by atomic mass is 9.97. The van der Waals surface area contributed by atoms with Crippen molar-refractivity contribution >= 4 is 39.1 Å². The van der Waals surface area contributed by atoms with E-state index >= 15 is 0 Å². The summed E-state index contributed by atoms with van der Waals surface area (Å²) in [6, 6.07) is 14.6. The summed E-state index contributed by atoms with van der Waals surface area (Å²) >= 11 is 1.17. The number of esters is 1. The van der Waals surface area contributed by atoms with Crippen molar-refractivity contribution in [3.63, 3.8) is 0 Å². The summed E-state index contributed by atoms with van der Waals surface area (Å²) in [5, 5.41) is 5.66. The van der Waals surface area contributed by atoms with Crippen molar-refractivity contribution < 1.29 is 18.7 Å². The molecule has 0 aliphatic carbocycles. The molecule has 2 heterocycles. The topological polar surface area (TPSA) is 98.5 Å². The summed E-state index contributed by atoms with van der Waals surface area (Å²) in [6.07, 6.45) is 0.0138. The third-order valence-electron chi connectivity index (χ3n) is 4.79. The van der Waals surface area contributed by atoms with E-state index in [1.807, 2.05) is 37.3 Å². The molecule has 4 rings (SSSR count). The van der Waals surface area contributed by atoms with Crippen molar-refractivity contribution in [2.45, 2.75) is 20.3 Å². The first kappa shape index (κ1) is 21.5. The molecule has 0 radical (unpaired) electrons. The lowest BCUT2D eigenvalue weighted by molar-refractivity contribution is -0.142.